The molecule has 0 aliphatic heterocycles. The number of nitrogens with one attached hydrogen (secondary N) is 1. The van der Waals surface area contributed by atoms with Gasteiger partial charge in [-0.2, -0.15) is 10.1 Å². The van der Waals surface area contributed by atoms with E-state index in [0.717, 1.165) is 6.54 Å². The van der Waals surface area contributed by atoms with Gasteiger partial charge >= 0.3 is 11.1 Å². The maximum absolute atomic E-state index is 12.2. The van der Waals surface area contributed by atoms with Crippen molar-refractivity contribution < 1.29 is 4.52 Å². The largest absolute Gasteiger partial charge is 0.332 e. The molecule has 0 amide bonds. The zero-order valence-electron chi connectivity index (χ0n) is 15.8. The van der Waals surface area contributed by atoms with Crippen LogP contribution in [0.5, 0.6) is 0 Å². The molecule has 0 saturated carbocycles. The number of aromatic nitrogens is 6. The van der Waals surface area contributed by atoms with E-state index < -0.39 is 11.1 Å². The van der Waals surface area contributed by atoms with Crippen LogP contribution in [0.25, 0.3) is 34.0 Å². The van der Waals surface area contributed by atoms with E-state index in [1.807, 2.05) is 33.0 Å². The van der Waals surface area contributed by atoms with Gasteiger partial charge in [-0.1, -0.05) is 19.0 Å². The highest BCUT2D eigenvalue weighted by Crippen LogP contribution is 2.23. The third-order valence-corrected chi connectivity index (χ3v) is 4.39. The van der Waals surface area contributed by atoms with Gasteiger partial charge in [0.05, 0.1) is 11.0 Å². The lowest BCUT2D eigenvalue weighted by Crippen LogP contribution is -2.37. The molecule has 0 unspecified atom stereocenters. The van der Waals surface area contributed by atoms with Crippen molar-refractivity contribution in [2.45, 2.75) is 33.9 Å². The number of aryl methyl sites for hydroxylation is 1. The van der Waals surface area contributed by atoms with Crippen LogP contribution in [0.4, 0.5) is 0 Å². The minimum atomic E-state index is -0.649. The van der Waals surface area contributed by atoms with Crippen molar-refractivity contribution in [2.75, 3.05) is 0 Å². The highest BCUT2D eigenvalue weighted by molar-refractivity contribution is 5.80. The summed E-state index contributed by atoms with van der Waals surface area (Å²) < 4.78 is 8.60. The molecule has 0 saturated heterocycles. The fraction of sp³-hybridized carbons (Fsp3) is 0.316. The molecule has 0 fully saturated rings. The number of fused-ring (bicyclic) bond motifs is 1. The molecular formula is C19H20N6O3. The molecule has 1 N–H and O–H groups in total. The van der Waals surface area contributed by atoms with Crippen molar-refractivity contribution in [3.8, 4) is 23.0 Å². The molecular weight excluding hydrogens is 360 g/mol. The highest BCUT2D eigenvalue weighted by atomic mass is 16.5. The van der Waals surface area contributed by atoms with Crippen LogP contribution in [0, 0.1) is 5.92 Å². The third-order valence-electron chi connectivity index (χ3n) is 4.39. The Morgan fingerprint density at radius 3 is 2.75 bits per heavy atom. The number of hydrogen-bond donors (Lipinski definition) is 1. The summed E-state index contributed by atoms with van der Waals surface area (Å²) in [6, 6.07) is 7.14. The quantitative estimate of drug-likeness (QED) is 0.532. The first-order valence-electron chi connectivity index (χ1n) is 9.11. The van der Waals surface area contributed by atoms with E-state index in [-0.39, 0.29) is 5.92 Å². The number of aromatic amines is 1. The van der Waals surface area contributed by atoms with Crippen molar-refractivity contribution in [2.24, 2.45) is 5.92 Å². The average molecular weight is 380 g/mol. The number of H-pyrrole nitrogens is 1. The minimum Gasteiger partial charge on any atom is -0.332 e. The number of nitrogens with zero attached hydrogens (tertiary/aromatic N) is 5. The van der Waals surface area contributed by atoms with Gasteiger partial charge in [0.15, 0.2) is 5.69 Å². The molecule has 28 heavy (non-hydrogen) atoms. The van der Waals surface area contributed by atoms with Gasteiger partial charge in [-0.15, -0.1) is 0 Å². The Labute approximate surface area is 159 Å². The zero-order valence-corrected chi connectivity index (χ0v) is 15.8. The van der Waals surface area contributed by atoms with Crippen molar-refractivity contribution >= 4 is 11.0 Å². The Morgan fingerprint density at radius 1 is 1.21 bits per heavy atom. The normalized spacial score (nSPS) is 11.6. The first-order valence-corrected chi connectivity index (χ1v) is 9.11. The number of rotatable bonds is 5. The Morgan fingerprint density at radius 2 is 2.04 bits per heavy atom. The molecule has 144 valence electrons. The second kappa shape index (κ2) is 6.91. The van der Waals surface area contributed by atoms with Crippen LogP contribution in [-0.4, -0.2) is 29.5 Å². The smallest absolute Gasteiger partial charge is 0.316 e. The number of benzene rings is 1. The molecule has 0 aliphatic rings. The van der Waals surface area contributed by atoms with E-state index in [1.54, 1.807) is 22.9 Å². The summed E-state index contributed by atoms with van der Waals surface area (Å²) >= 11 is 0. The van der Waals surface area contributed by atoms with Gasteiger partial charge in [0.25, 0.3) is 5.89 Å². The first-order chi connectivity index (χ1) is 13.5. The second-order valence-electron chi connectivity index (χ2n) is 6.98. The molecule has 4 rings (SSSR count). The predicted octanol–water partition coefficient (Wildman–Crippen LogP) is 2.28. The van der Waals surface area contributed by atoms with Crippen LogP contribution in [-0.2, 0) is 13.1 Å². The molecule has 4 aromatic rings. The predicted molar refractivity (Wildman–Crippen MR) is 104 cm³/mol. The first kappa shape index (κ1) is 17.9. The van der Waals surface area contributed by atoms with Gasteiger partial charge < -0.3 is 14.1 Å². The molecule has 9 heteroatoms. The maximum Gasteiger partial charge on any atom is 0.316 e. The molecule has 0 spiro atoms. The van der Waals surface area contributed by atoms with E-state index >= 15 is 0 Å². The fourth-order valence-electron chi connectivity index (χ4n) is 3.06. The lowest BCUT2D eigenvalue weighted by Gasteiger charge is -2.12. The summed E-state index contributed by atoms with van der Waals surface area (Å²) in [7, 11) is 0. The van der Waals surface area contributed by atoms with Crippen LogP contribution in [0.3, 0.4) is 0 Å². The molecule has 3 heterocycles. The molecule has 3 aromatic heterocycles. The van der Waals surface area contributed by atoms with Crippen molar-refractivity contribution in [1.82, 2.24) is 29.5 Å². The van der Waals surface area contributed by atoms with Crippen molar-refractivity contribution in [3.63, 3.8) is 0 Å². The van der Waals surface area contributed by atoms with Gasteiger partial charge in [-0.05, 0) is 37.1 Å². The lowest BCUT2D eigenvalue weighted by molar-refractivity contribution is 0.430. The Hall–Kier alpha value is -3.49. The highest BCUT2D eigenvalue weighted by Gasteiger charge is 2.15. The topological polar surface area (TPSA) is 112 Å². The van der Waals surface area contributed by atoms with Crippen LogP contribution < -0.4 is 11.1 Å². The van der Waals surface area contributed by atoms with Crippen LogP contribution in [0.15, 0.2) is 44.6 Å². The van der Waals surface area contributed by atoms with E-state index in [0.29, 0.717) is 40.6 Å². The van der Waals surface area contributed by atoms with E-state index in [9.17, 15) is 9.59 Å². The van der Waals surface area contributed by atoms with Crippen molar-refractivity contribution in [3.05, 3.63) is 51.2 Å². The average Bonchev–Trinajstić information content (AvgIpc) is 3.33. The molecule has 0 bridgehead atoms. The van der Waals surface area contributed by atoms with Crippen LogP contribution >= 0.6 is 0 Å². The van der Waals surface area contributed by atoms with Crippen LogP contribution in [0.2, 0.25) is 0 Å². The molecule has 9 nitrogen and oxygen atoms in total. The molecule has 0 aliphatic carbocycles. The van der Waals surface area contributed by atoms with Gasteiger partial charge in [-0.3, -0.25) is 14.3 Å². The van der Waals surface area contributed by atoms with E-state index in [4.69, 9.17) is 4.52 Å². The monoisotopic (exact) mass is 380 g/mol. The van der Waals surface area contributed by atoms with Crippen molar-refractivity contribution in [1.29, 1.82) is 0 Å². The Balaban J connectivity index is 1.77. The van der Waals surface area contributed by atoms with E-state index in [2.05, 4.69) is 20.2 Å². The summed E-state index contributed by atoms with van der Waals surface area (Å²) in [5, 5.41) is 8.37. The molecule has 0 radical (unpaired) electrons. The third kappa shape index (κ3) is 3.15. The van der Waals surface area contributed by atoms with Gasteiger partial charge in [0.2, 0.25) is 5.82 Å². The van der Waals surface area contributed by atoms with E-state index in [1.165, 1.54) is 4.57 Å². The zero-order chi connectivity index (χ0) is 19.8. The van der Waals surface area contributed by atoms with Gasteiger partial charge in [0, 0.05) is 24.8 Å². The summed E-state index contributed by atoms with van der Waals surface area (Å²) in [4.78, 5) is 31.3. The standard InChI is InChI=1S/C19H20N6O3/c1-4-24-8-7-13(22-24)18-21-16(23-28-18)12-5-6-15-14(9-12)20-17(26)19(27)25(15)10-11(2)3/h5-9,11H,4,10H2,1-3H3,(H,20,26). The summed E-state index contributed by atoms with van der Waals surface area (Å²) in [6.07, 6.45) is 1.84. The minimum absolute atomic E-state index is 0.227. The second-order valence-corrected chi connectivity index (χ2v) is 6.98. The molecule has 1 aromatic carbocycles. The maximum atomic E-state index is 12.2. The summed E-state index contributed by atoms with van der Waals surface area (Å²) in [5.41, 5.74) is 1.27. The fourth-order valence-corrected chi connectivity index (χ4v) is 3.06. The molecule has 0 atom stereocenters. The Bertz CT molecular complexity index is 1260. The Kier molecular flexibility index (Phi) is 4.42. The summed E-state index contributed by atoms with van der Waals surface area (Å²) in [5.74, 6) is 0.927. The summed E-state index contributed by atoms with van der Waals surface area (Å²) in [6.45, 7) is 7.19. The SMILES string of the molecule is CCn1ccc(-c2nc(-c3ccc4c(c3)[nH]c(=O)c(=O)n4CC(C)C)no2)n1. The number of hydrogen-bond acceptors (Lipinski definition) is 6. The lowest BCUT2D eigenvalue weighted by atomic mass is 10.1. The van der Waals surface area contributed by atoms with Gasteiger partial charge in [-0.25, -0.2) is 0 Å². The van der Waals surface area contributed by atoms with Gasteiger partial charge in [0.1, 0.15) is 0 Å². The van der Waals surface area contributed by atoms with Crippen LogP contribution in [0.1, 0.15) is 20.8 Å².